The number of halogens is 2. The number of amides is 1. The van der Waals surface area contributed by atoms with Crippen molar-refractivity contribution in [3.05, 3.63) is 63.6 Å². The Bertz CT molecular complexity index is 881. The Balaban J connectivity index is 1.83. The van der Waals surface area contributed by atoms with Crippen molar-refractivity contribution in [3.63, 3.8) is 0 Å². The van der Waals surface area contributed by atoms with Crippen molar-refractivity contribution >= 4 is 38.9 Å². The van der Waals surface area contributed by atoms with Crippen molar-refractivity contribution in [2.24, 2.45) is 0 Å². The molecule has 3 rings (SSSR count). The van der Waals surface area contributed by atoms with E-state index in [2.05, 4.69) is 31.2 Å². The quantitative estimate of drug-likeness (QED) is 0.660. The average Bonchev–Trinajstić information content (AvgIpc) is 3.00. The van der Waals surface area contributed by atoms with Gasteiger partial charge in [-0.15, -0.1) is 11.3 Å². The van der Waals surface area contributed by atoms with Gasteiger partial charge in [-0.05, 0) is 47.1 Å². The molecule has 0 saturated carbocycles. The van der Waals surface area contributed by atoms with Crippen LogP contribution < -0.4 is 5.32 Å². The number of hydrogen-bond acceptors (Lipinski definition) is 4. The van der Waals surface area contributed by atoms with Crippen LogP contribution in [-0.4, -0.2) is 15.9 Å². The van der Waals surface area contributed by atoms with E-state index in [0.29, 0.717) is 20.9 Å². The van der Waals surface area contributed by atoms with Crippen LogP contribution in [0.1, 0.15) is 16.2 Å². The summed E-state index contributed by atoms with van der Waals surface area (Å²) in [5.74, 6) is -0.727. The molecule has 2 aromatic heterocycles. The minimum absolute atomic E-state index is 0.237. The number of nitrogens with zero attached hydrogens (tertiary/aromatic N) is 2. The van der Waals surface area contributed by atoms with Crippen LogP contribution in [0.2, 0.25) is 0 Å². The first-order chi connectivity index (χ1) is 11.0. The zero-order valence-electron chi connectivity index (χ0n) is 12.0. The van der Waals surface area contributed by atoms with E-state index in [0.717, 1.165) is 5.69 Å². The van der Waals surface area contributed by atoms with Gasteiger partial charge in [-0.3, -0.25) is 4.79 Å². The Morgan fingerprint density at radius 2 is 2.00 bits per heavy atom. The van der Waals surface area contributed by atoms with Crippen LogP contribution in [0.25, 0.3) is 10.6 Å². The second kappa shape index (κ2) is 6.55. The third-order valence-corrected chi connectivity index (χ3v) is 4.56. The summed E-state index contributed by atoms with van der Waals surface area (Å²) < 4.78 is 14.3. The number of nitrogens with one attached hydrogen (secondary N) is 1. The zero-order chi connectivity index (χ0) is 16.4. The van der Waals surface area contributed by atoms with E-state index in [1.807, 2.05) is 6.92 Å². The Labute approximate surface area is 144 Å². The monoisotopic (exact) mass is 391 g/mol. The van der Waals surface area contributed by atoms with Gasteiger partial charge < -0.3 is 5.32 Å². The summed E-state index contributed by atoms with van der Waals surface area (Å²) in [6, 6.07) is 9.90. The van der Waals surface area contributed by atoms with E-state index < -0.39 is 0 Å². The lowest BCUT2D eigenvalue weighted by atomic mass is 10.2. The van der Waals surface area contributed by atoms with Gasteiger partial charge >= 0.3 is 0 Å². The van der Waals surface area contributed by atoms with Crippen molar-refractivity contribution in [2.45, 2.75) is 6.92 Å². The lowest BCUT2D eigenvalue weighted by molar-refractivity contribution is 0.102. The number of thiazole rings is 1. The molecule has 116 valence electrons. The van der Waals surface area contributed by atoms with Crippen molar-refractivity contribution < 1.29 is 9.18 Å². The van der Waals surface area contributed by atoms with Gasteiger partial charge in [0.2, 0.25) is 0 Å². The Morgan fingerprint density at radius 3 is 2.74 bits per heavy atom. The maximum Gasteiger partial charge on any atom is 0.275 e. The number of benzene rings is 1. The lowest BCUT2D eigenvalue weighted by Gasteiger charge is -2.05. The van der Waals surface area contributed by atoms with Gasteiger partial charge in [0.05, 0.1) is 5.69 Å². The minimum atomic E-state index is -0.366. The minimum Gasteiger partial charge on any atom is -0.318 e. The normalized spacial score (nSPS) is 10.6. The highest BCUT2D eigenvalue weighted by Crippen LogP contribution is 2.27. The van der Waals surface area contributed by atoms with Crippen LogP contribution in [-0.2, 0) is 0 Å². The van der Waals surface area contributed by atoms with E-state index in [9.17, 15) is 9.18 Å². The molecule has 7 heteroatoms. The van der Waals surface area contributed by atoms with Gasteiger partial charge in [0.1, 0.15) is 21.1 Å². The van der Waals surface area contributed by atoms with E-state index in [1.165, 1.54) is 17.4 Å². The molecule has 0 saturated heterocycles. The predicted octanol–water partition coefficient (Wildman–Crippen LogP) is 4.67. The summed E-state index contributed by atoms with van der Waals surface area (Å²) in [4.78, 5) is 20.7. The summed E-state index contributed by atoms with van der Waals surface area (Å²) in [6.07, 6.45) is 0. The highest BCUT2D eigenvalue weighted by Gasteiger charge is 2.15. The van der Waals surface area contributed by atoms with E-state index >= 15 is 0 Å². The van der Waals surface area contributed by atoms with Crippen LogP contribution in [0.15, 0.2) is 46.4 Å². The summed E-state index contributed by atoms with van der Waals surface area (Å²) in [5.41, 5.74) is 2.02. The second-order valence-corrected chi connectivity index (χ2v) is 6.37. The molecule has 3 aromatic rings. The lowest BCUT2D eigenvalue weighted by Crippen LogP contribution is -2.13. The molecule has 0 bridgehead atoms. The van der Waals surface area contributed by atoms with Crippen molar-refractivity contribution in [1.82, 2.24) is 9.97 Å². The van der Waals surface area contributed by atoms with Crippen molar-refractivity contribution in [3.8, 4) is 10.6 Å². The highest BCUT2D eigenvalue weighted by molar-refractivity contribution is 9.10. The van der Waals surface area contributed by atoms with Crippen LogP contribution in [0.5, 0.6) is 0 Å². The molecule has 1 amide bonds. The fourth-order valence-corrected chi connectivity index (χ4v) is 3.28. The maximum atomic E-state index is 13.8. The second-order valence-electron chi connectivity index (χ2n) is 4.76. The summed E-state index contributed by atoms with van der Waals surface area (Å²) in [5, 5.41) is 4.81. The third-order valence-electron chi connectivity index (χ3n) is 3.08. The fraction of sp³-hybridized carbons (Fsp3) is 0.0625. The number of rotatable bonds is 3. The van der Waals surface area contributed by atoms with Gasteiger partial charge in [0.25, 0.3) is 5.91 Å². The van der Waals surface area contributed by atoms with E-state index in [4.69, 9.17) is 0 Å². The molecule has 1 aromatic carbocycles. The van der Waals surface area contributed by atoms with Gasteiger partial charge in [-0.25, -0.2) is 14.4 Å². The van der Waals surface area contributed by atoms with Gasteiger partial charge in [0, 0.05) is 16.6 Å². The molecular formula is C16H11BrFN3OS. The maximum absolute atomic E-state index is 13.8. The van der Waals surface area contributed by atoms with Crippen LogP contribution in [0, 0.1) is 12.7 Å². The third kappa shape index (κ3) is 3.46. The van der Waals surface area contributed by atoms with E-state index in [-0.39, 0.29) is 17.4 Å². The Morgan fingerprint density at radius 1 is 1.22 bits per heavy atom. The first-order valence-corrected chi connectivity index (χ1v) is 8.37. The molecule has 4 nitrogen and oxygen atoms in total. The van der Waals surface area contributed by atoms with Gasteiger partial charge in [0.15, 0.2) is 0 Å². The van der Waals surface area contributed by atoms with Crippen LogP contribution in [0.3, 0.4) is 0 Å². The molecule has 0 fully saturated rings. The number of anilines is 1. The van der Waals surface area contributed by atoms with Gasteiger partial charge in [-0.1, -0.05) is 12.1 Å². The number of aryl methyl sites for hydroxylation is 1. The molecule has 0 aliphatic heterocycles. The molecule has 1 N–H and O–H groups in total. The number of hydrogen-bond donors (Lipinski definition) is 1. The molecule has 0 spiro atoms. The van der Waals surface area contributed by atoms with Crippen molar-refractivity contribution in [1.29, 1.82) is 0 Å². The molecule has 0 atom stereocenters. The molecular weight excluding hydrogens is 381 g/mol. The molecule has 0 aliphatic carbocycles. The number of pyridine rings is 1. The Kier molecular flexibility index (Phi) is 4.49. The molecule has 2 heterocycles. The molecule has 0 unspecified atom stereocenters. The summed E-state index contributed by atoms with van der Waals surface area (Å²) in [6.45, 7) is 1.86. The number of carbonyl (C=O) groups is 1. The fourth-order valence-electron chi connectivity index (χ4n) is 1.94. The Hall–Kier alpha value is -2.12. The predicted molar refractivity (Wildman–Crippen MR) is 92.1 cm³/mol. The van der Waals surface area contributed by atoms with Crippen molar-refractivity contribution in [2.75, 3.05) is 5.32 Å². The number of aromatic nitrogens is 2. The van der Waals surface area contributed by atoms with Crippen LogP contribution in [0.4, 0.5) is 10.1 Å². The molecule has 0 aliphatic rings. The largest absolute Gasteiger partial charge is 0.318 e. The molecule has 23 heavy (non-hydrogen) atoms. The smallest absolute Gasteiger partial charge is 0.275 e. The standard InChI is InChI=1S/C16H11BrFN3OS/c1-9-6-7-12(14(17)19-9)20-15(22)13-8-23-16(21-13)10-4-2-3-5-11(10)18/h2-8H,1H3,(H,20,22). The average molecular weight is 392 g/mol. The topological polar surface area (TPSA) is 54.9 Å². The van der Waals surface area contributed by atoms with Crippen LogP contribution >= 0.6 is 27.3 Å². The SMILES string of the molecule is Cc1ccc(NC(=O)c2csc(-c3ccccc3F)n2)c(Br)n1. The van der Waals surface area contributed by atoms with Gasteiger partial charge in [-0.2, -0.15) is 0 Å². The zero-order valence-corrected chi connectivity index (χ0v) is 14.4. The first kappa shape index (κ1) is 15.8. The summed E-state index contributed by atoms with van der Waals surface area (Å²) >= 11 is 4.53. The number of carbonyl (C=O) groups excluding carboxylic acids is 1. The first-order valence-electron chi connectivity index (χ1n) is 6.69. The highest BCUT2D eigenvalue weighted by atomic mass is 79.9. The van der Waals surface area contributed by atoms with E-state index in [1.54, 1.807) is 35.7 Å². The summed E-state index contributed by atoms with van der Waals surface area (Å²) in [7, 11) is 0. The molecule has 0 radical (unpaired) electrons.